The molecular formula is C23H28N6O2. The van der Waals surface area contributed by atoms with Crippen LogP contribution in [0.5, 0.6) is 5.88 Å². The third-order valence-corrected chi connectivity index (χ3v) is 6.27. The van der Waals surface area contributed by atoms with Crippen LogP contribution in [-0.2, 0) is 24.2 Å². The van der Waals surface area contributed by atoms with E-state index in [-0.39, 0.29) is 0 Å². The van der Waals surface area contributed by atoms with Crippen molar-refractivity contribution in [2.75, 3.05) is 31.8 Å². The van der Waals surface area contributed by atoms with Gasteiger partial charge in [-0.25, -0.2) is 15.0 Å². The van der Waals surface area contributed by atoms with Crippen LogP contribution in [0.2, 0.25) is 0 Å². The first-order chi connectivity index (χ1) is 15.2. The number of rotatable bonds is 5. The molecule has 8 nitrogen and oxygen atoms in total. The minimum Gasteiger partial charge on any atom is -0.481 e. The number of methoxy groups -OCH3 is 1. The van der Waals surface area contributed by atoms with E-state index in [1.807, 2.05) is 19.3 Å². The van der Waals surface area contributed by atoms with Gasteiger partial charge in [0.2, 0.25) is 5.88 Å². The topological polar surface area (TPSA) is 78.2 Å². The van der Waals surface area contributed by atoms with E-state index >= 15 is 0 Å². The van der Waals surface area contributed by atoms with Gasteiger partial charge < -0.3 is 14.4 Å². The monoisotopic (exact) mass is 420 g/mol. The third kappa shape index (κ3) is 4.12. The van der Waals surface area contributed by atoms with Gasteiger partial charge in [0.05, 0.1) is 36.6 Å². The zero-order valence-corrected chi connectivity index (χ0v) is 18.1. The molecule has 0 bridgehead atoms. The van der Waals surface area contributed by atoms with Crippen molar-refractivity contribution in [3.8, 4) is 17.1 Å². The van der Waals surface area contributed by atoms with Crippen molar-refractivity contribution in [3.63, 3.8) is 0 Å². The molecule has 31 heavy (non-hydrogen) atoms. The Bertz CT molecular complexity index is 1060. The summed E-state index contributed by atoms with van der Waals surface area (Å²) in [5.41, 5.74) is 6.45. The van der Waals surface area contributed by atoms with Crippen LogP contribution in [0.3, 0.4) is 0 Å². The van der Waals surface area contributed by atoms with Crippen LogP contribution in [-0.4, -0.2) is 51.6 Å². The number of hydrogen-bond acceptors (Lipinski definition) is 7. The minimum atomic E-state index is 0.627. The van der Waals surface area contributed by atoms with Crippen molar-refractivity contribution in [1.82, 2.24) is 24.7 Å². The van der Waals surface area contributed by atoms with Crippen molar-refractivity contribution in [2.45, 2.75) is 39.3 Å². The molecule has 2 aliphatic rings. The van der Waals surface area contributed by atoms with Gasteiger partial charge in [0.15, 0.2) is 0 Å². The van der Waals surface area contributed by atoms with Crippen LogP contribution >= 0.6 is 0 Å². The van der Waals surface area contributed by atoms with Gasteiger partial charge in [0.1, 0.15) is 6.33 Å². The van der Waals surface area contributed by atoms with Gasteiger partial charge in [-0.2, -0.15) is 5.10 Å². The Morgan fingerprint density at radius 3 is 2.84 bits per heavy atom. The molecule has 0 atom stereocenters. The molecule has 2 aliphatic heterocycles. The maximum atomic E-state index is 5.48. The number of fused-ring (bicyclic) bond motifs is 1. The summed E-state index contributed by atoms with van der Waals surface area (Å²) in [6.07, 6.45) is 10.7. The van der Waals surface area contributed by atoms with Crippen LogP contribution in [0.25, 0.3) is 11.3 Å². The van der Waals surface area contributed by atoms with Gasteiger partial charge in [-0.1, -0.05) is 0 Å². The Labute approximate surface area is 182 Å². The molecular weight excluding hydrogens is 392 g/mol. The van der Waals surface area contributed by atoms with Crippen LogP contribution in [0, 0.1) is 12.8 Å². The standard InChI is InChI=1S/C23H28N6O2/c1-16-9-19(11-24-23(16)30-2)28-6-3-21-20(14-28)22(26-15-25-21)18-10-27-29(13-18)12-17-4-7-31-8-5-17/h9-11,13,15,17H,3-8,12,14H2,1-2H3. The second kappa shape index (κ2) is 8.63. The van der Waals surface area contributed by atoms with E-state index in [2.05, 4.69) is 41.9 Å². The lowest BCUT2D eigenvalue weighted by atomic mass is 10.00. The first-order valence-corrected chi connectivity index (χ1v) is 10.9. The fraction of sp³-hybridized carbons (Fsp3) is 0.478. The summed E-state index contributed by atoms with van der Waals surface area (Å²) in [7, 11) is 1.65. The first-order valence-electron chi connectivity index (χ1n) is 10.9. The predicted octanol–water partition coefficient (Wildman–Crippen LogP) is 3.04. The summed E-state index contributed by atoms with van der Waals surface area (Å²) in [4.78, 5) is 16.0. The number of aryl methyl sites for hydroxylation is 1. The molecule has 0 unspecified atom stereocenters. The van der Waals surface area contributed by atoms with E-state index in [1.54, 1.807) is 13.4 Å². The van der Waals surface area contributed by atoms with Crippen LogP contribution < -0.4 is 9.64 Å². The van der Waals surface area contributed by atoms with Gasteiger partial charge >= 0.3 is 0 Å². The van der Waals surface area contributed by atoms with Gasteiger partial charge in [-0.3, -0.25) is 4.68 Å². The molecule has 0 amide bonds. The second-order valence-electron chi connectivity index (χ2n) is 8.35. The largest absolute Gasteiger partial charge is 0.481 e. The SMILES string of the molecule is COc1ncc(N2CCc3ncnc(-c4cnn(CC5CCOCC5)c4)c3C2)cc1C. The van der Waals surface area contributed by atoms with Crippen molar-refractivity contribution in [2.24, 2.45) is 5.92 Å². The molecule has 0 radical (unpaired) electrons. The lowest BCUT2D eigenvalue weighted by Gasteiger charge is -2.31. The molecule has 5 heterocycles. The van der Waals surface area contributed by atoms with E-state index < -0.39 is 0 Å². The van der Waals surface area contributed by atoms with Crippen LogP contribution in [0.4, 0.5) is 5.69 Å². The van der Waals surface area contributed by atoms with Gasteiger partial charge in [-0.15, -0.1) is 0 Å². The second-order valence-corrected chi connectivity index (χ2v) is 8.35. The average Bonchev–Trinajstić information content (AvgIpc) is 3.27. The summed E-state index contributed by atoms with van der Waals surface area (Å²) >= 11 is 0. The summed E-state index contributed by atoms with van der Waals surface area (Å²) in [5, 5.41) is 4.62. The predicted molar refractivity (Wildman–Crippen MR) is 117 cm³/mol. The molecule has 5 rings (SSSR count). The summed E-state index contributed by atoms with van der Waals surface area (Å²) < 4.78 is 12.8. The van der Waals surface area contributed by atoms with Crippen molar-refractivity contribution in [3.05, 3.63) is 47.8 Å². The molecule has 8 heteroatoms. The van der Waals surface area contributed by atoms with Crippen LogP contribution in [0.15, 0.2) is 31.0 Å². The highest BCUT2D eigenvalue weighted by Crippen LogP contribution is 2.31. The maximum Gasteiger partial charge on any atom is 0.216 e. The lowest BCUT2D eigenvalue weighted by Crippen LogP contribution is -2.31. The molecule has 0 aromatic carbocycles. The van der Waals surface area contributed by atoms with E-state index in [0.717, 1.165) is 80.3 Å². The van der Waals surface area contributed by atoms with Gasteiger partial charge in [0, 0.05) is 62.2 Å². The number of anilines is 1. The fourth-order valence-electron chi connectivity index (χ4n) is 4.52. The summed E-state index contributed by atoms with van der Waals surface area (Å²) in [6, 6.07) is 2.13. The molecule has 0 N–H and O–H groups in total. The molecule has 3 aromatic rings. The Morgan fingerprint density at radius 2 is 2.03 bits per heavy atom. The fourth-order valence-corrected chi connectivity index (χ4v) is 4.52. The molecule has 3 aromatic heterocycles. The summed E-state index contributed by atoms with van der Waals surface area (Å²) in [6.45, 7) is 6.32. The minimum absolute atomic E-state index is 0.627. The zero-order valence-electron chi connectivity index (χ0n) is 18.1. The van der Waals surface area contributed by atoms with E-state index in [9.17, 15) is 0 Å². The highest BCUT2D eigenvalue weighted by atomic mass is 16.5. The van der Waals surface area contributed by atoms with Crippen LogP contribution in [0.1, 0.15) is 29.7 Å². The number of nitrogens with zero attached hydrogens (tertiary/aromatic N) is 6. The number of aromatic nitrogens is 5. The number of ether oxygens (including phenoxy) is 2. The molecule has 1 saturated heterocycles. The number of pyridine rings is 1. The van der Waals surface area contributed by atoms with E-state index in [4.69, 9.17) is 9.47 Å². The molecule has 0 saturated carbocycles. The van der Waals surface area contributed by atoms with Gasteiger partial charge in [-0.05, 0) is 31.7 Å². The number of hydrogen-bond donors (Lipinski definition) is 0. The summed E-state index contributed by atoms with van der Waals surface area (Å²) in [5.74, 6) is 1.30. The normalized spacial score (nSPS) is 16.9. The van der Waals surface area contributed by atoms with E-state index in [1.165, 1.54) is 5.56 Å². The van der Waals surface area contributed by atoms with Crippen molar-refractivity contribution in [1.29, 1.82) is 0 Å². The Morgan fingerprint density at radius 1 is 1.16 bits per heavy atom. The Hall–Kier alpha value is -3.00. The smallest absolute Gasteiger partial charge is 0.216 e. The lowest BCUT2D eigenvalue weighted by molar-refractivity contribution is 0.0601. The first kappa shape index (κ1) is 19.9. The Balaban J connectivity index is 1.39. The Kier molecular flexibility index (Phi) is 5.55. The highest BCUT2D eigenvalue weighted by Gasteiger charge is 2.23. The highest BCUT2D eigenvalue weighted by molar-refractivity contribution is 5.64. The van der Waals surface area contributed by atoms with Gasteiger partial charge in [0.25, 0.3) is 0 Å². The third-order valence-electron chi connectivity index (χ3n) is 6.27. The van der Waals surface area contributed by atoms with Crippen molar-refractivity contribution >= 4 is 5.69 Å². The zero-order chi connectivity index (χ0) is 21.2. The molecule has 0 aliphatic carbocycles. The molecule has 1 fully saturated rings. The average molecular weight is 421 g/mol. The maximum absolute atomic E-state index is 5.48. The molecule has 0 spiro atoms. The van der Waals surface area contributed by atoms with E-state index in [0.29, 0.717) is 11.8 Å². The quantitative estimate of drug-likeness (QED) is 0.628. The van der Waals surface area contributed by atoms with Crippen molar-refractivity contribution < 1.29 is 9.47 Å². The molecule has 162 valence electrons.